The average molecular weight is 318 g/mol. The molecule has 0 bridgehead atoms. The van der Waals surface area contributed by atoms with Crippen molar-refractivity contribution in [2.75, 3.05) is 25.1 Å². The number of nitrogens with zero attached hydrogens (tertiary/aromatic N) is 3. The fourth-order valence-electron chi connectivity index (χ4n) is 2.91. The third kappa shape index (κ3) is 3.39. The summed E-state index contributed by atoms with van der Waals surface area (Å²) in [4.78, 5) is 12.7. The highest BCUT2D eigenvalue weighted by Crippen LogP contribution is 2.26. The van der Waals surface area contributed by atoms with E-state index in [1.807, 2.05) is 24.7 Å². The highest BCUT2D eigenvalue weighted by Gasteiger charge is 2.23. The van der Waals surface area contributed by atoms with Crippen molar-refractivity contribution in [2.45, 2.75) is 32.4 Å². The van der Waals surface area contributed by atoms with Gasteiger partial charge in [-0.1, -0.05) is 0 Å². The summed E-state index contributed by atoms with van der Waals surface area (Å²) in [6, 6.07) is 4.59. The van der Waals surface area contributed by atoms with Crippen LogP contribution in [0.2, 0.25) is 0 Å². The monoisotopic (exact) mass is 318 g/mol. The van der Waals surface area contributed by atoms with E-state index >= 15 is 0 Å². The summed E-state index contributed by atoms with van der Waals surface area (Å²) >= 11 is 1.70. The lowest BCUT2D eigenvalue weighted by Gasteiger charge is -2.35. The summed E-state index contributed by atoms with van der Waals surface area (Å²) in [5.41, 5.74) is 2.83. The molecule has 0 aromatic carbocycles. The van der Waals surface area contributed by atoms with Gasteiger partial charge in [0.15, 0.2) is 0 Å². The zero-order valence-electron chi connectivity index (χ0n) is 13.1. The zero-order valence-corrected chi connectivity index (χ0v) is 13.9. The minimum absolute atomic E-state index is 0.517. The average Bonchev–Trinajstić information content (AvgIpc) is 3.06. The Kier molecular flexibility index (Phi) is 4.90. The van der Waals surface area contributed by atoms with Crippen molar-refractivity contribution in [3.05, 3.63) is 34.4 Å². The molecule has 5 nitrogen and oxygen atoms in total. The van der Waals surface area contributed by atoms with Crippen LogP contribution >= 0.6 is 11.3 Å². The number of thiazole rings is 1. The number of hydrogen-bond donors (Lipinski definition) is 1. The summed E-state index contributed by atoms with van der Waals surface area (Å²) in [7, 11) is 1.69. The van der Waals surface area contributed by atoms with E-state index in [0.29, 0.717) is 6.04 Å². The summed E-state index contributed by atoms with van der Waals surface area (Å²) in [6.07, 6.45) is 4.24. The van der Waals surface area contributed by atoms with Gasteiger partial charge in [-0.3, -0.25) is 4.98 Å². The standard InChI is InChI=1S/C16H22N4OS/c1-12-15(21-2)3-4-16(19-12)20(10-14-9-18-11-22-14)13-5-7-17-8-6-13/h3-4,9,11,13,17H,5-8,10H2,1-2H3. The molecule has 2 aromatic heterocycles. The highest BCUT2D eigenvalue weighted by molar-refractivity contribution is 7.09. The van der Waals surface area contributed by atoms with E-state index in [1.54, 1.807) is 18.4 Å². The molecule has 1 fully saturated rings. The second kappa shape index (κ2) is 7.07. The summed E-state index contributed by atoms with van der Waals surface area (Å²) in [5.74, 6) is 1.87. The van der Waals surface area contributed by atoms with Crippen LogP contribution in [0.1, 0.15) is 23.4 Å². The van der Waals surface area contributed by atoms with Crippen LogP contribution in [0.25, 0.3) is 0 Å². The second-order valence-corrected chi connectivity index (χ2v) is 6.50. The van der Waals surface area contributed by atoms with E-state index in [-0.39, 0.29) is 0 Å². The van der Waals surface area contributed by atoms with Crippen molar-refractivity contribution in [1.29, 1.82) is 0 Å². The second-order valence-electron chi connectivity index (χ2n) is 5.53. The van der Waals surface area contributed by atoms with Crippen LogP contribution in [0.3, 0.4) is 0 Å². The van der Waals surface area contributed by atoms with Gasteiger partial charge in [0.25, 0.3) is 0 Å². The summed E-state index contributed by atoms with van der Waals surface area (Å²) in [6.45, 7) is 5.00. The molecule has 0 unspecified atom stereocenters. The van der Waals surface area contributed by atoms with E-state index in [9.17, 15) is 0 Å². The zero-order chi connectivity index (χ0) is 15.4. The number of nitrogens with one attached hydrogen (secondary N) is 1. The van der Waals surface area contributed by atoms with Gasteiger partial charge >= 0.3 is 0 Å². The lowest BCUT2D eigenvalue weighted by atomic mass is 10.0. The van der Waals surface area contributed by atoms with Crippen LogP contribution in [0.4, 0.5) is 5.82 Å². The van der Waals surface area contributed by atoms with Gasteiger partial charge in [-0.25, -0.2) is 4.98 Å². The van der Waals surface area contributed by atoms with Crippen molar-refractivity contribution in [1.82, 2.24) is 15.3 Å². The lowest BCUT2D eigenvalue weighted by molar-refractivity contribution is 0.407. The molecule has 6 heteroatoms. The van der Waals surface area contributed by atoms with Gasteiger partial charge in [0, 0.05) is 17.1 Å². The largest absolute Gasteiger partial charge is 0.495 e. The number of anilines is 1. The Morgan fingerprint density at radius 2 is 2.18 bits per heavy atom. The van der Waals surface area contributed by atoms with E-state index in [1.165, 1.54) is 4.88 Å². The first-order chi connectivity index (χ1) is 10.8. The first kappa shape index (κ1) is 15.2. The Labute approximate surface area is 135 Å². The molecule has 0 atom stereocenters. The van der Waals surface area contributed by atoms with Crippen LogP contribution in [-0.4, -0.2) is 36.2 Å². The molecule has 1 N–H and O–H groups in total. The molecule has 3 rings (SSSR count). The third-order valence-electron chi connectivity index (χ3n) is 4.10. The number of aromatic nitrogens is 2. The maximum absolute atomic E-state index is 5.33. The quantitative estimate of drug-likeness (QED) is 0.918. The van der Waals surface area contributed by atoms with Crippen LogP contribution in [0.15, 0.2) is 23.8 Å². The van der Waals surface area contributed by atoms with E-state index < -0.39 is 0 Å². The van der Waals surface area contributed by atoms with Crippen LogP contribution < -0.4 is 15.0 Å². The van der Waals surface area contributed by atoms with Gasteiger partial charge in [-0.05, 0) is 45.0 Å². The van der Waals surface area contributed by atoms with Gasteiger partial charge in [0.2, 0.25) is 0 Å². The van der Waals surface area contributed by atoms with Crippen molar-refractivity contribution < 1.29 is 4.74 Å². The van der Waals surface area contributed by atoms with Gasteiger partial charge in [0.05, 0.1) is 24.9 Å². The number of rotatable bonds is 5. The fourth-order valence-corrected chi connectivity index (χ4v) is 3.51. The molecule has 0 amide bonds. The Hall–Kier alpha value is -1.66. The van der Waals surface area contributed by atoms with Crippen LogP contribution in [0, 0.1) is 6.92 Å². The summed E-state index contributed by atoms with van der Waals surface area (Å²) in [5, 5.41) is 3.43. The van der Waals surface area contributed by atoms with Gasteiger partial charge in [-0.2, -0.15) is 0 Å². The van der Waals surface area contributed by atoms with Gasteiger partial charge in [-0.15, -0.1) is 11.3 Å². The lowest BCUT2D eigenvalue weighted by Crippen LogP contribution is -2.43. The Bertz CT molecular complexity index is 596. The topological polar surface area (TPSA) is 50.3 Å². The number of piperidine rings is 1. The Balaban J connectivity index is 1.87. The number of hydrogen-bond acceptors (Lipinski definition) is 6. The minimum Gasteiger partial charge on any atom is -0.495 e. The van der Waals surface area contributed by atoms with Crippen molar-refractivity contribution >= 4 is 17.2 Å². The number of aryl methyl sites for hydroxylation is 1. The van der Waals surface area contributed by atoms with Crippen LogP contribution in [-0.2, 0) is 6.54 Å². The maximum Gasteiger partial charge on any atom is 0.140 e. The van der Waals surface area contributed by atoms with E-state index in [0.717, 1.165) is 49.7 Å². The molecule has 118 valence electrons. The molecule has 0 aliphatic carbocycles. The Morgan fingerprint density at radius 3 is 2.82 bits per heavy atom. The molecule has 1 aliphatic heterocycles. The molecule has 3 heterocycles. The van der Waals surface area contributed by atoms with Crippen molar-refractivity contribution in [3.8, 4) is 5.75 Å². The molecule has 1 saturated heterocycles. The first-order valence-corrected chi connectivity index (χ1v) is 8.52. The molecule has 0 spiro atoms. The number of ether oxygens (including phenoxy) is 1. The van der Waals surface area contributed by atoms with Gasteiger partial charge in [0.1, 0.15) is 11.6 Å². The maximum atomic E-state index is 5.33. The summed E-state index contributed by atoms with van der Waals surface area (Å²) < 4.78 is 5.33. The number of pyridine rings is 1. The van der Waals surface area contributed by atoms with Crippen LogP contribution in [0.5, 0.6) is 5.75 Å². The fraction of sp³-hybridized carbons (Fsp3) is 0.500. The highest BCUT2D eigenvalue weighted by atomic mass is 32.1. The molecule has 22 heavy (non-hydrogen) atoms. The normalized spacial score (nSPS) is 15.7. The molecule has 1 aliphatic rings. The van der Waals surface area contributed by atoms with E-state index in [4.69, 9.17) is 9.72 Å². The SMILES string of the molecule is COc1ccc(N(Cc2cncs2)C2CCNCC2)nc1C. The van der Waals surface area contributed by atoms with E-state index in [2.05, 4.69) is 21.3 Å². The molecule has 2 aromatic rings. The number of methoxy groups -OCH3 is 1. The minimum atomic E-state index is 0.517. The molecular weight excluding hydrogens is 296 g/mol. The molecule has 0 saturated carbocycles. The smallest absolute Gasteiger partial charge is 0.140 e. The molecular formula is C16H22N4OS. The first-order valence-electron chi connectivity index (χ1n) is 7.64. The third-order valence-corrected chi connectivity index (χ3v) is 4.86. The predicted molar refractivity (Wildman–Crippen MR) is 89.7 cm³/mol. The Morgan fingerprint density at radius 1 is 1.36 bits per heavy atom. The van der Waals surface area contributed by atoms with Crippen molar-refractivity contribution in [3.63, 3.8) is 0 Å². The van der Waals surface area contributed by atoms with Gasteiger partial charge < -0.3 is 15.0 Å². The molecule has 0 radical (unpaired) electrons. The van der Waals surface area contributed by atoms with Crippen molar-refractivity contribution in [2.24, 2.45) is 0 Å². The predicted octanol–water partition coefficient (Wildman–Crippen LogP) is 2.61.